The van der Waals surface area contributed by atoms with Gasteiger partial charge < -0.3 is 10.1 Å². The Labute approximate surface area is 138 Å². The van der Waals surface area contributed by atoms with Crippen molar-refractivity contribution >= 4 is 23.2 Å². The van der Waals surface area contributed by atoms with Crippen molar-refractivity contribution in [2.24, 2.45) is 5.41 Å². The molecule has 1 amide bonds. The van der Waals surface area contributed by atoms with Crippen molar-refractivity contribution in [3.63, 3.8) is 0 Å². The van der Waals surface area contributed by atoms with Gasteiger partial charge in [0, 0.05) is 18.0 Å². The van der Waals surface area contributed by atoms with Crippen LogP contribution in [0.4, 0.5) is 0 Å². The number of esters is 1. The lowest BCUT2D eigenvalue weighted by Crippen LogP contribution is -2.35. The number of carbonyl (C=O) groups is 2. The van der Waals surface area contributed by atoms with Gasteiger partial charge in [0.2, 0.25) is 5.91 Å². The standard InChI is InChI=1S/C17H18N2O3S/c1-11-3-5-12(6-4-11)13-10-23-14(19-13)9-22-16(21)17(7-8-17)15(20)18-2/h3-6,10H,7-9H2,1-2H3,(H,18,20). The zero-order chi connectivity index (χ0) is 16.4. The first-order valence-corrected chi connectivity index (χ1v) is 8.34. The van der Waals surface area contributed by atoms with Crippen molar-refractivity contribution in [3.05, 3.63) is 40.2 Å². The van der Waals surface area contributed by atoms with Crippen molar-refractivity contribution in [1.29, 1.82) is 0 Å². The van der Waals surface area contributed by atoms with Gasteiger partial charge in [0.15, 0.2) is 0 Å². The first-order valence-electron chi connectivity index (χ1n) is 7.46. The Balaban J connectivity index is 1.63. The average Bonchev–Trinajstić information content (AvgIpc) is 3.25. The fraction of sp³-hybridized carbons (Fsp3) is 0.353. The molecule has 120 valence electrons. The molecule has 1 aliphatic rings. The van der Waals surface area contributed by atoms with Gasteiger partial charge >= 0.3 is 5.97 Å². The molecule has 23 heavy (non-hydrogen) atoms. The Bertz CT molecular complexity index is 733. The lowest BCUT2D eigenvalue weighted by Gasteiger charge is -2.11. The van der Waals surface area contributed by atoms with Crippen LogP contribution < -0.4 is 5.32 Å². The Morgan fingerprint density at radius 3 is 2.61 bits per heavy atom. The quantitative estimate of drug-likeness (QED) is 0.676. The molecule has 0 radical (unpaired) electrons. The highest BCUT2D eigenvalue weighted by Gasteiger charge is 2.57. The molecule has 0 spiro atoms. The largest absolute Gasteiger partial charge is 0.457 e. The zero-order valence-electron chi connectivity index (χ0n) is 13.1. The Morgan fingerprint density at radius 2 is 2.00 bits per heavy atom. The van der Waals surface area contributed by atoms with Gasteiger partial charge in [0.1, 0.15) is 17.0 Å². The smallest absolute Gasteiger partial charge is 0.322 e. The molecular weight excluding hydrogens is 312 g/mol. The highest BCUT2D eigenvalue weighted by atomic mass is 32.1. The molecule has 1 saturated carbocycles. The number of amides is 1. The van der Waals surface area contributed by atoms with Crippen LogP contribution in [0.1, 0.15) is 23.4 Å². The molecular formula is C17H18N2O3S. The molecule has 1 aromatic carbocycles. The van der Waals surface area contributed by atoms with Crippen LogP contribution >= 0.6 is 11.3 Å². The minimum absolute atomic E-state index is 0.105. The highest BCUT2D eigenvalue weighted by Crippen LogP contribution is 2.47. The predicted octanol–water partition coefficient (Wildman–Crippen LogP) is 2.69. The summed E-state index contributed by atoms with van der Waals surface area (Å²) in [5, 5.41) is 5.19. The zero-order valence-corrected chi connectivity index (χ0v) is 13.9. The summed E-state index contributed by atoms with van der Waals surface area (Å²) >= 11 is 1.45. The van der Waals surface area contributed by atoms with E-state index >= 15 is 0 Å². The average molecular weight is 330 g/mol. The molecule has 1 aliphatic carbocycles. The number of ether oxygens (including phenoxy) is 1. The van der Waals surface area contributed by atoms with Crippen LogP contribution in [0, 0.1) is 12.3 Å². The summed E-state index contributed by atoms with van der Waals surface area (Å²) in [6.07, 6.45) is 1.11. The van der Waals surface area contributed by atoms with E-state index < -0.39 is 11.4 Å². The van der Waals surface area contributed by atoms with E-state index in [9.17, 15) is 9.59 Å². The number of hydrogen-bond donors (Lipinski definition) is 1. The number of thiazole rings is 1. The van der Waals surface area contributed by atoms with E-state index in [1.54, 1.807) is 0 Å². The molecule has 1 heterocycles. The van der Waals surface area contributed by atoms with Crippen molar-refractivity contribution in [1.82, 2.24) is 10.3 Å². The predicted molar refractivity (Wildman–Crippen MR) is 87.8 cm³/mol. The highest BCUT2D eigenvalue weighted by molar-refractivity contribution is 7.09. The summed E-state index contributed by atoms with van der Waals surface area (Å²) in [5.41, 5.74) is 2.13. The topological polar surface area (TPSA) is 68.3 Å². The third-order valence-electron chi connectivity index (χ3n) is 4.03. The van der Waals surface area contributed by atoms with E-state index in [2.05, 4.69) is 10.3 Å². The lowest BCUT2D eigenvalue weighted by molar-refractivity contribution is -0.155. The van der Waals surface area contributed by atoms with Crippen LogP contribution in [0.3, 0.4) is 0 Å². The number of benzene rings is 1. The molecule has 1 N–H and O–H groups in total. The minimum Gasteiger partial charge on any atom is -0.457 e. The molecule has 3 rings (SSSR count). The summed E-state index contributed by atoms with van der Waals surface area (Å²) in [4.78, 5) is 28.3. The van der Waals surface area contributed by atoms with Gasteiger partial charge in [-0.25, -0.2) is 4.98 Å². The van der Waals surface area contributed by atoms with Crippen LogP contribution in [0.15, 0.2) is 29.6 Å². The normalized spacial score (nSPS) is 15.0. The van der Waals surface area contributed by atoms with Crippen LogP contribution in [-0.4, -0.2) is 23.9 Å². The third kappa shape index (κ3) is 3.12. The van der Waals surface area contributed by atoms with Crippen LogP contribution in [-0.2, 0) is 20.9 Å². The van der Waals surface area contributed by atoms with Crippen LogP contribution in [0.2, 0.25) is 0 Å². The maximum absolute atomic E-state index is 12.1. The molecule has 0 saturated heterocycles. The third-order valence-corrected chi connectivity index (χ3v) is 4.85. The minimum atomic E-state index is -0.966. The molecule has 1 fully saturated rings. The van der Waals surface area contributed by atoms with Crippen molar-refractivity contribution in [2.75, 3.05) is 7.05 Å². The molecule has 0 bridgehead atoms. The molecule has 0 unspecified atom stereocenters. The van der Waals surface area contributed by atoms with Gasteiger partial charge in [0.25, 0.3) is 0 Å². The number of hydrogen-bond acceptors (Lipinski definition) is 5. The van der Waals surface area contributed by atoms with Gasteiger partial charge in [-0.15, -0.1) is 11.3 Å². The molecule has 1 aromatic heterocycles. The summed E-state index contributed by atoms with van der Waals surface area (Å²) in [6, 6.07) is 8.11. The second-order valence-corrected chi connectivity index (χ2v) is 6.67. The first-order chi connectivity index (χ1) is 11.0. The van der Waals surface area contributed by atoms with Gasteiger partial charge in [-0.05, 0) is 19.8 Å². The first kappa shape index (κ1) is 15.7. The number of rotatable bonds is 5. The van der Waals surface area contributed by atoms with Crippen molar-refractivity contribution in [2.45, 2.75) is 26.4 Å². The molecule has 5 nitrogen and oxygen atoms in total. The summed E-state index contributed by atoms with van der Waals surface area (Å²) < 4.78 is 5.29. The molecule has 0 aliphatic heterocycles. The van der Waals surface area contributed by atoms with E-state index in [0.717, 1.165) is 16.3 Å². The maximum atomic E-state index is 12.1. The van der Waals surface area contributed by atoms with Gasteiger partial charge in [-0.2, -0.15) is 0 Å². The van der Waals surface area contributed by atoms with Gasteiger partial charge in [-0.3, -0.25) is 9.59 Å². The fourth-order valence-corrected chi connectivity index (χ4v) is 3.10. The van der Waals surface area contributed by atoms with Crippen LogP contribution in [0.25, 0.3) is 11.3 Å². The Hall–Kier alpha value is -2.21. The molecule has 0 atom stereocenters. The SMILES string of the molecule is CNC(=O)C1(C(=O)OCc2nc(-c3ccc(C)cc3)cs2)CC1. The van der Waals surface area contributed by atoms with Gasteiger partial charge in [-0.1, -0.05) is 29.8 Å². The summed E-state index contributed by atoms with van der Waals surface area (Å²) in [7, 11) is 1.53. The number of nitrogens with one attached hydrogen (secondary N) is 1. The maximum Gasteiger partial charge on any atom is 0.322 e. The van der Waals surface area contributed by atoms with E-state index in [0.29, 0.717) is 12.8 Å². The summed E-state index contributed by atoms with van der Waals surface area (Å²) in [5.74, 6) is -0.717. The van der Waals surface area contributed by atoms with Gasteiger partial charge in [0.05, 0.1) is 5.69 Å². The van der Waals surface area contributed by atoms with E-state index in [4.69, 9.17) is 4.74 Å². The Kier molecular flexibility index (Phi) is 4.17. The molecule has 6 heteroatoms. The van der Waals surface area contributed by atoms with Crippen molar-refractivity contribution in [3.8, 4) is 11.3 Å². The number of nitrogens with zero attached hydrogens (tertiary/aromatic N) is 1. The molecule has 2 aromatic rings. The lowest BCUT2D eigenvalue weighted by atomic mass is 10.1. The van der Waals surface area contributed by atoms with Crippen LogP contribution in [0.5, 0.6) is 0 Å². The van der Waals surface area contributed by atoms with E-state index in [1.165, 1.54) is 23.9 Å². The van der Waals surface area contributed by atoms with E-state index in [-0.39, 0.29) is 12.5 Å². The Morgan fingerprint density at radius 1 is 1.30 bits per heavy atom. The van der Waals surface area contributed by atoms with Crippen molar-refractivity contribution < 1.29 is 14.3 Å². The monoisotopic (exact) mass is 330 g/mol. The number of aryl methyl sites for hydroxylation is 1. The number of carbonyl (C=O) groups excluding carboxylic acids is 2. The summed E-state index contributed by atoms with van der Waals surface area (Å²) in [6.45, 7) is 2.14. The second-order valence-electron chi connectivity index (χ2n) is 5.73. The van der Waals surface area contributed by atoms with E-state index in [1.807, 2.05) is 36.6 Å². The fourth-order valence-electron chi connectivity index (χ4n) is 2.39. The second kappa shape index (κ2) is 6.12. The number of aromatic nitrogens is 1.